The monoisotopic (exact) mass is 393 g/mol. The van der Waals surface area contributed by atoms with E-state index in [2.05, 4.69) is 16.0 Å². The Bertz CT molecular complexity index is 1010. The molecular weight excluding hydrogens is 373 g/mol. The first kappa shape index (κ1) is 19.9. The average Bonchev–Trinajstić information content (AvgIpc) is 2.74. The molecule has 3 aromatic carbocycles. The normalized spacial score (nSPS) is 10.1. The molecule has 3 aromatic rings. The Hall–Kier alpha value is -3.87. The van der Waals surface area contributed by atoms with Gasteiger partial charge in [0.1, 0.15) is 11.6 Å². The van der Waals surface area contributed by atoms with Gasteiger partial charge in [-0.2, -0.15) is 0 Å². The molecule has 0 atom stereocenters. The van der Waals surface area contributed by atoms with Crippen molar-refractivity contribution < 1.29 is 18.7 Å². The molecule has 6 nitrogen and oxygen atoms in total. The quantitative estimate of drug-likeness (QED) is 0.564. The van der Waals surface area contributed by atoms with Crippen molar-refractivity contribution in [3.63, 3.8) is 0 Å². The summed E-state index contributed by atoms with van der Waals surface area (Å²) >= 11 is 0. The van der Waals surface area contributed by atoms with Gasteiger partial charge in [0.2, 0.25) is 5.91 Å². The first-order chi connectivity index (χ1) is 14.1. The molecule has 0 bridgehead atoms. The highest BCUT2D eigenvalue weighted by molar-refractivity contribution is 6.10. The van der Waals surface area contributed by atoms with Crippen LogP contribution in [0, 0.1) is 5.82 Å². The topological polar surface area (TPSA) is 79.5 Å². The van der Waals surface area contributed by atoms with Crippen LogP contribution in [0.15, 0.2) is 72.8 Å². The van der Waals surface area contributed by atoms with E-state index in [1.54, 1.807) is 43.5 Å². The summed E-state index contributed by atoms with van der Waals surface area (Å²) in [7, 11) is 1.55. The molecule has 29 heavy (non-hydrogen) atoms. The fourth-order valence-corrected chi connectivity index (χ4v) is 2.68. The van der Waals surface area contributed by atoms with E-state index in [0.29, 0.717) is 28.4 Å². The smallest absolute Gasteiger partial charge is 0.257 e. The Kier molecular flexibility index (Phi) is 6.42. The van der Waals surface area contributed by atoms with Crippen LogP contribution in [0.2, 0.25) is 0 Å². The van der Waals surface area contributed by atoms with Gasteiger partial charge in [-0.1, -0.05) is 24.3 Å². The highest BCUT2D eigenvalue weighted by Gasteiger charge is 2.14. The molecule has 148 valence electrons. The molecule has 0 radical (unpaired) electrons. The fraction of sp³-hybridized carbons (Fsp3) is 0.0909. The van der Waals surface area contributed by atoms with Crippen LogP contribution < -0.4 is 20.7 Å². The van der Waals surface area contributed by atoms with E-state index in [4.69, 9.17) is 4.74 Å². The first-order valence-electron chi connectivity index (χ1n) is 8.89. The van der Waals surface area contributed by atoms with E-state index >= 15 is 0 Å². The third-order valence-electron chi connectivity index (χ3n) is 4.09. The molecule has 0 heterocycles. The summed E-state index contributed by atoms with van der Waals surface area (Å²) < 4.78 is 18.3. The maximum absolute atomic E-state index is 13.0. The first-order valence-corrected chi connectivity index (χ1v) is 8.89. The van der Waals surface area contributed by atoms with Crippen molar-refractivity contribution in [3.8, 4) is 5.75 Å². The van der Waals surface area contributed by atoms with E-state index in [1.807, 2.05) is 12.1 Å². The Balaban J connectivity index is 1.66. The number of nitrogens with one attached hydrogen (secondary N) is 3. The number of methoxy groups -OCH3 is 1. The minimum atomic E-state index is -0.412. The number of para-hydroxylation sites is 3. The molecule has 3 rings (SSSR count). The highest BCUT2D eigenvalue weighted by Crippen LogP contribution is 2.23. The molecule has 0 aliphatic rings. The number of carbonyl (C=O) groups is 2. The number of amides is 2. The summed E-state index contributed by atoms with van der Waals surface area (Å²) in [6, 6.07) is 19.4. The van der Waals surface area contributed by atoms with Gasteiger partial charge in [0, 0.05) is 5.69 Å². The van der Waals surface area contributed by atoms with Gasteiger partial charge < -0.3 is 20.7 Å². The van der Waals surface area contributed by atoms with Crippen molar-refractivity contribution in [2.24, 2.45) is 0 Å². The molecule has 0 fully saturated rings. The molecule has 0 aliphatic heterocycles. The van der Waals surface area contributed by atoms with Gasteiger partial charge in [-0.3, -0.25) is 9.59 Å². The number of anilines is 3. The lowest BCUT2D eigenvalue weighted by atomic mass is 10.1. The summed E-state index contributed by atoms with van der Waals surface area (Å²) in [6.45, 7) is -0.00567. The Labute approximate surface area is 167 Å². The predicted octanol–water partition coefficient (Wildman–Crippen LogP) is 4.14. The fourth-order valence-electron chi connectivity index (χ4n) is 2.68. The standard InChI is InChI=1S/C22H20FN3O3/c1-29-20-9-5-4-8-19(20)24-14-21(27)26-18-7-3-2-6-17(18)22(28)25-16-12-10-15(23)11-13-16/h2-13,24H,14H2,1H3,(H,25,28)(H,26,27). The summed E-state index contributed by atoms with van der Waals surface area (Å²) in [6.07, 6.45) is 0. The van der Waals surface area contributed by atoms with E-state index < -0.39 is 11.7 Å². The Morgan fingerprint density at radius 3 is 2.24 bits per heavy atom. The van der Waals surface area contributed by atoms with E-state index in [0.717, 1.165) is 0 Å². The number of ether oxygens (including phenoxy) is 1. The molecule has 0 saturated heterocycles. The number of hydrogen-bond acceptors (Lipinski definition) is 4. The number of benzene rings is 3. The van der Waals surface area contributed by atoms with E-state index in [1.165, 1.54) is 24.3 Å². The maximum atomic E-state index is 13.0. The van der Waals surface area contributed by atoms with Gasteiger partial charge in [0.15, 0.2) is 0 Å². The molecular formula is C22H20FN3O3. The molecule has 3 N–H and O–H groups in total. The van der Waals surface area contributed by atoms with E-state index in [-0.39, 0.29) is 12.5 Å². The van der Waals surface area contributed by atoms with E-state index in [9.17, 15) is 14.0 Å². The molecule has 0 unspecified atom stereocenters. The van der Waals surface area contributed by atoms with Gasteiger partial charge >= 0.3 is 0 Å². The molecule has 7 heteroatoms. The highest BCUT2D eigenvalue weighted by atomic mass is 19.1. The van der Waals surface area contributed by atoms with Gasteiger partial charge in [0.05, 0.1) is 30.6 Å². The van der Waals surface area contributed by atoms with Crippen LogP contribution in [-0.4, -0.2) is 25.5 Å². The molecule has 0 aromatic heterocycles. The van der Waals surface area contributed by atoms with Gasteiger partial charge in [0.25, 0.3) is 5.91 Å². The number of rotatable bonds is 7. The third-order valence-corrected chi connectivity index (χ3v) is 4.09. The Morgan fingerprint density at radius 2 is 1.52 bits per heavy atom. The van der Waals surface area contributed by atoms with Crippen LogP contribution >= 0.6 is 0 Å². The van der Waals surface area contributed by atoms with Gasteiger partial charge in [-0.25, -0.2) is 4.39 Å². The lowest BCUT2D eigenvalue weighted by Crippen LogP contribution is -2.24. The van der Waals surface area contributed by atoms with Crippen LogP contribution in [0.25, 0.3) is 0 Å². The van der Waals surface area contributed by atoms with Crippen LogP contribution in [0.1, 0.15) is 10.4 Å². The minimum Gasteiger partial charge on any atom is -0.495 e. The molecule has 0 spiro atoms. The Morgan fingerprint density at radius 1 is 0.862 bits per heavy atom. The maximum Gasteiger partial charge on any atom is 0.257 e. The van der Waals surface area contributed by atoms with Crippen LogP contribution in [0.3, 0.4) is 0 Å². The minimum absolute atomic E-state index is 0.00567. The average molecular weight is 393 g/mol. The number of hydrogen-bond donors (Lipinski definition) is 3. The van der Waals surface area contributed by atoms with Crippen molar-refractivity contribution in [2.45, 2.75) is 0 Å². The van der Waals surface area contributed by atoms with Crippen molar-refractivity contribution in [1.82, 2.24) is 0 Å². The summed E-state index contributed by atoms with van der Waals surface area (Å²) in [5, 5.41) is 8.42. The zero-order valence-electron chi connectivity index (χ0n) is 15.7. The number of carbonyl (C=O) groups excluding carboxylic acids is 2. The second-order valence-corrected chi connectivity index (χ2v) is 6.11. The van der Waals surface area contributed by atoms with Crippen molar-refractivity contribution in [3.05, 3.63) is 84.2 Å². The third kappa shape index (κ3) is 5.32. The van der Waals surface area contributed by atoms with Gasteiger partial charge in [-0.05, 0) is 48.5 Å². The van der Waals surface area contributed by atoms with Crippen LogP contribution in [0.5, 0.6) is 5.75 Å². The van der Waals surface area contributed by atoms with Gasteiger partial charge in [-0.15, -0.1) is 0 Å². The molecule has 2 amide bonds. The summed E-state index contributed by atoms with van der Waals surface area (Å²) in [5.41, 5.74) is 1.81. The summed E-state index contributed by atoms with van der Waals surface area (Å²) in [5.74, 6) is -0.499. The van der Waals surface area contributed by atoms with Crippen molar-refractivity contribution in [2.75, 3.05) is 29.6 Å². The lowest BCUT2D eigenvalue weighted by Gasteiger charge is -2.13. The summed E-state index contributed by atoms with van der Waals surface area (Å²) in [4.78, 5) is 24.9. The van der Waals surface area contributed by atoms with Crippen LogP contribution in [-0.2, 0) is 4.79 Å². The second-order valence-electron chi connectivity index (χ2n) is 6.11. The van der Waals surface area contributed by atoms with Crippen LogP contribution in [0.4, 0.5) is 21.5 Å². The zero-order valence-corrected chi connectivity index (χ0v) is 15.7. The van der Waals surface area contributed by atoms with Crippen molar-refractivity contribution in [1.29, 1.82) is 0 Å². The molecule has 0 aliphatic carbocycles. The largest absolute Gasteiger partial charge is 0.495 e. The lowest BCUT2D eigenvalue weighted by molar-refractivity contribution is -0.114. The second kappa shape index (κ2) is 9.36. The number of halogens is 1. The molecule has 0 saturated carbocycles. The predicted molar refractivity (Wildman–Crippen MR) is 111 cm³/mol. The van der Waals surface area contributed by atoms with Crippen molar-refractivity contribution >= 4 is 28.9 Å². The SMILES string of the molecule is COc1ccccc1NCC(=O)Nc1ccccc1C(=O)Nc1ccc(F)cc1. The zero-order chi connectivity index (χ0) is 20.6.